The lowest BCUT2D eigenvalue weighted by Gasteiger charge is -2.08. The second-order valence-corrected chi connectivity index (χ2v) is 7.51. The van der Waals surface area contributed by atoms with Gasteiger partial charge < -0.3 is 5.32 Å². The topological polar surface area (TPSA) is 46.4 Å². The van der Waals surface area contributed by atoms with Crippen molar-refractivity contribution in [3.05, 3.63) is 63.6 Å². The number of imidazole rings is 1. The van der Waals surface area contributed by atoms with Crippen molar-refractivity contribution >= 4 is 50.8 Å². The van der Waals surface area contributed by atoms with E-state index >= 15 is 0 Å². The first-order valence-corrected chi connectivity index (χ1v) is 9.33. The summed E-state index contributed by atoms with van der Waals surface area (Å²) >= 11 is 9.09. The van der Waals surface area contributed by atoms with E-state index in [1.807, 2.05) is 46.5 Å². The maximum atomic E-state index is 12.7. The molecule has 0 aliphatic carbocycles. The van der Waals surface area contributed by atoms with Gasteiger partial charge in [0.05, 0.1) is 4.88 Å². The van der Waals surface area contributed by atoms with Crippen molar-refractivity contribution in [3.8, 4) is 10.6 Å². The Morgan fingerprint density at radius 3 is 2.96 bits per heavy atom. The van der Waals surface area contributed by atoms with E-state index in [1.165, 1.54) is 11.3 Å². The Morgan fingerprint density at radius 1 is 1.29 bits per heavy atom. The highest BCUT2D eigenvalue weighted by molar-refractivity contribution is 7.15. The second-order valence-electron chi connectivity index (χ2n) is 5.29. The summed E-state index contributed by atoms with van der Waals surface area (Å²) in [6.07, 6.45) is 1.90. The molecule has 1 amide bonds. The number of amides is 1. The summed E-state index contributed by atoms with van der Waals surface area (Å²) in [6, 6.07) is 9.45. The van der Waals surface area contributed by atoms with Crippen LogP contribution in [0, 0.1) is 6.92 Å². The van der Waals surface area contributed by atoms with Gasteiger partial charge in [-0.1, -0.05) is 23.7 Å². The van der Waals surface area contributed by atoms with Crippen molar-refractivity contribution < 1.29 is 4.79 Å². The lowest BCUT2D eigenvalue weighted by atomic mass is 10.2. The molecule has 7 heteroatoms. The average Bonchev–Trinajstić information content (AvgIpc) is 3.25. The van der Waals surface area contributed by atoms with Crippen molar-refractivity contribution in [1.82, 2.24) is 9.38 Å². The Kier molecular flexibility index (Phi) is 3.88. The Bertz CT molecular complexity index is 1030. The summed E-state index contributed by atoms with van der Waals surface area (Å²) in [6.45, 7) is 1.93. The third-order valence-electron chi connectivity index (χ3n) is 3.66. The number of carbonyl (C=O) groups excluding carboxylic acids is 1. The number of halogens is 1. The number of aryl methyl sites for hydroxylation is 1. The smallest absolute Gasteiger partial charge is 0.273 e. The predicted octanol–water partition coefficient (Wildman–Crippen LogP) is 5.34. The monoisotopic (exact) mass is 373 g/mol. The Morgan fingerprint density at radius 2 is 2.17 bits per heavy atom. The van der Waals surface area contributed by atoms with Crippen LogP contribution in [0.3, 0.4) is 0 Å². The molecule has 0 bridgehead atoms. The standard InChI is InChI=1S/C17H12ClN3OS2/c1-10-4-5-11(18)7-12(10)19-16(22)14-9-24-17-20-13(8-21(14)17)15-3-2-6-23-15/h2-9H,1H3,(H,19,22). The molecule has 24 heavy (non-hydrogen) atoms. The number of benzene rings is 1. The Labute approximate surface area is 151 Å². The fraction of sp³-hybridized carbons (Fsp3) is 0.0588. The quantitative estimate of drug-likeness (QED) is 0.527. The number of aromatic nitrogens is 2. The highest BCUT2D eigenvalue weighted by Gasteiger charge is 2.16. The van der Waals surface area contributed by atoms with Gasteiger partial charge in [0.15, 0.2) is 4.96 Å². The van der Waals surface area contributed by atoms with Gasteiger partial charge >= 0.3 is 0 Å². The third kappa shape index (κ3) is 2.73. The molecule has 4 rings (SSSR count). The summed E-state index contributed by atoms with van der Waals surface area (Å²) in [5.41, 5.74) is 3.11. The fourth-order valence-corrected chi connectivity index (χ4v) is 4.11. The van der Waals surface area contributed by atoms with Crippen molar-refractivity contribution in [3.63, 3.8) is 0 Å². The van der Waals surface area contributed by atoms with Crippen LogP contribution in [0.1, 0.15) is 16.1 Å². The van der Waals surface area contributed by atoms with E-state index in [0.717, 1.165) is 21.1 Å². The van der Waals surface area contributed by atoms with Crippen LogP contribution in [0.4, 0.5) is 5.69 Å². The lowest BCUT2D eigenvalue weighted by molar-refractivity contribution is 0.102. The van der Waals surface area contributed by atoms with Gasteiger partial charge in [0, 0.05) is 22.3 Å². The van der Waals surface area contributed by atoms with Crippen LogP contribution in [-0.2, 0) is 0 Å². The minimum atomic E-state index is -0.179. The molecule has 0 radical (unpaired) electrons. The van der Waals surface area contributed by atoms with Crippen LogP contribution in [0.25, 0.3) is 15.5 Å². The molecule has 0 saturated carbocycles. The number of anilines is 1. The molecule has 0 saturated heterocycles. The van der Waals surface area contributed by atoms with Gasteiger partial charge in [-0.2, -0.15) is 0 Å². The molecule has 3 aromatic heterocycles. The van der Waals surface area contributed by atoms with E-state index in [0.29, 0.717) is 16.4 Å². The van der Waals surface area contributed by atoms with Gasteiger partial charge in [0.1, 0.15) is 11.4 Å². The van der Waals surface area contributed by atoms with Crippen molar-refractivity contribution in [2.45, 2.75) is 6.92 Å². The molecule has 0 aliphatic rings. The van der Waals surface area contributed by atoms with E-state index < -0.39 is 0 Å². The zero-order valence-corrected chi connectivity index (χ0v) is 15.0. The molecule has 0 fully saturated rings. The number of nitrogens with one attached hydrogen (secondary N) is 1. The van der Waals surface area contributed by atoms with Crippen molar-refractivity contribution in [2.24, 2.45) is 0 Å². The molecular weight excluding hydrogens is 362 g/mol. The maximum absolute atomic E-state index is 12.7. The molecule has 4 nitrogen and oxygen atoms in total. The number of hydrogen-bond donors (Lipinski definition) is 1. The Hall–Kier alpha value is -2.15. The van der Waals surface area contributed by atoms with E-state index in [-0.39, 0.29) is 5.91 Å². The second kappa shape index (κ2) is 6.05. The van der Waals surface area contributed by atoms with Gasteiger partial charge in [-0.15, -0.1) is 22.7 Å². The van der Waals surface area contributed by atoms with E-state index in [2.05, 4.69) is 10.3 Å². The van der Waals surface area contributed by atoms with E-state index in [4.69, 9.17) is 11.6 Å². The number of hydrogen-bond acceptors (Lipinski definition) is 4. The zero-order valence-electron chi connectivity index (χ0n) is 12.6. The maximum Gasteiger partial charge on any atom is 0.273 e. The molecule has 1 aromatic carbocycles. The van der Waals surface area contributed by atoms with Crippen molar-refractivity contribution in [2.75, 3.05) is 5.32 Å². The first kappa shape index (κ1) is 15.4. The van der Waals surface area contributed by atoms with Gasteiger partial charge in [-0.05, 0) is 36.1 Å². The molecule has 1 N–H and O–H groups in total. The third-order valence-corrected chi connectivity index (χ3v) is 5.63. The van der Waals surface area contributed by atoms with Crippen LogP contribution >= 0.6 is 34.3 Å². The Balaban J connectivity index is 1.68. The van der Waals surface area contributed by atoms with Crippen LogP contribution < -0.4 is 5.32 Å². The molecule has 3 heterocycles. The largest absolute Gasteiger partial charge is 0.320 e. The van der Waals surface area contributed by atoms with Crippen LogP contribution in [0.5, 0.6) is 0 Å². The van der Waals surface area contributed by atoms with Crippen LogP contribution in [-0.4, -0.2) is 15.3 Å². The molecule has 120 valence electrons. The zero-order chi connectivity index (χ0) is 16.7. The number of fused-ring (bicyclic) bond motifs is 1. The normalized spacial score (nSPS) is 11.1. The lowest BCUT2D eigenvalue weighted by Crippen LogP contribution is -2.14. The highest BCUT2D eigenvalue weighted by atomic mass is 35.5. The van der Waals surface area contributed by atoms with Gasteiger partial charge in [-0.25, -0.2) is 4.98 Å². The molecule has 0 spiro atoms. The first-order chi connectivity index (χ1) is 11.6. The minimum absolute atomic E-state index is 0.179. The van der Waals surface area contributed by atoms with Crippen molar-refractivity contribution in [1.29, 1.82) is 0 Å². The van der Waals surface area contributed by atoms with Gasteiger partial charge in [-0.3, -0.25) is 9.20 Å². The van der Waals surface area contributed by atoms with Gasteiger partial charge in [0.2, 0.25) is 0 Å². The average molecular weight is 374 g/mol. The van der Waals surface area contributed by atoms with Crippen LogP contribution in [0.15, 0.2) is 47.3 Å². The number of carbonyl (C=O) groups is 1. The minimum Gasteiger partial charge on any atom is -0.320 e. The SMILES string of the molecule is Cc1ccc(Cl)cc1NC(=O)c1csc2nc(-c3cccs3)cn12. The fourth-order valence-electron chi connectivity index (χ4n) is 2.41. The molecule has 4 aromatic rings. The number of rotatable bonds is 3. The van der Waals surface area contributed by atoms with E-state index in [1.54, 1.807) is 23.5 Å². The molecule has 0 atom stereocenters. The highest BCUT2D eigenvalue weighted by Crippen LogP contribution is 2.27. The van der Waals surface area contributed by atoms with Gasteiger partial charge in [0.25, 0.3) is 5.91 Å². The summed E-state index contributed by atoms with van der Waals surface area (Å²) in [7, 11) is 0. The summed E-state index contributed by atoms with van der Waals surface area (Å²) in [4.78, 5) is 19.1. The molecule has 0 unspecified atom stereocenters. The number of thiazole rings is 1. The summed E-state index contributed by atoms with van der Waals surface area (Å²) in [5.74, 6) is -0.179. The summed E-state index contributed by atoms with van der Waals surface area (Å²) in [5, 5.41) is 7.35. The summed E-state index contributed by atoms with van der Waals surface area (Å²) < 4.78 is 1.83. The molecule has 0 aliphatic heterocycles. The van der Waals surface area contributed by atoms with E-state index in [9.17, 15) is 4.79 Å². The number of nitrogens with zero attached hydrogens (tertiary/aromatic N) is 2. The first-order valence-electron chi connectivity index (χ1n) is 7.20. The van der Waals surface area contributed by atoms with Crippen LogP contribution in [0.2, 0.25) is 5.02 Å². The number of thiophene rings is 1. The predicted molar refractivity (Wildman–Crippen MR) is 101 cm³/mol. The molecular formula is C17H12ClN3OS2.